The summed E-state index contributed by atoms with van der Waals surface area (Å²) in [6.45, 7) is 5.32. The highest BCUT2D eigenvalue weighted by molar-refractivity contribution is 5.31. The Hall–Kier alpha value is -1.20. The number of rotatable bonds is 8. The van der Waals surface area contributed by atoms with Gasteiger partial charge in [0.2, 0.25) is 5.95 Å². The summed E-state index contributed by atoms with van der Waals surface area (Å²) >= 11 is 0. The van der Waals surface area contributed by atoms with Gasteiger partial charge in [-0.3, -0.25) is 0 Å². The molecule has 2 rings (SSSR count). The van der Waals surface area contributed by atoms with E-state index < -0.39 is 0 Å². The number of nitrogens with zero attached hydrogens (tertiary/aromatic N) is 3. The Bertz CT molecular complexity index is 406. The van der Waals surface area contributed by atoms with Gasteiger partial charge in [0.25, 0.3) is 0 Å². The van der Waals surface area contributed by atoms with Crippen molar-refractivity contribution in [1.29, 1.82) is 0 Å². The second-order valence-electron chi connectivity index (χ2n) is 5.25. The first kappa shape index (κ1) is 14.2. The fourth-order valence-electron chi connectivity index (χ4n) is 1.86. The number of hydrogen-bond donors (Lipinski definition) is 1. The average Bonchev–Trinajstić information content (AvgIpc) is 3.21. The molecule has 0 unspecified atom stereocenters. The molecular weight excluding hydrogens is 240 g/mol. The Morgan fingerprint density at radius 2 is 2.26 bits per heavy atom. The first-order valence-corrected chi connectivity index (χ1v) is 6.96. The third-order valence-corrected chi connectivity index (χ3v) is 3.40. The van der Waals surface area contributed by atoms with E-state index in [-0.39, 0.29) is 0 Å². The molecule has 1 aliphatic carbocycles. The Labute approximate surface area is 115 Å². The SMILES string of the molecule is CNCc1cnc(N(C)CCOCC2CC2)nc1C. The average molecular weight is 264 g/mol. The topological polar surface area (TPSA) is 50.3 Å². The number of likely N-dealkylation sites (N-methyl/N-ethyl adjacent to an activating group) is 1. The van der Waals surface area contributed by atoms with Crippen molar-refractivity contribution in [2.24, 2.45) is 5.92 Å². The summed E-state index contributed by atoms with van der Waals surface area (Å²) in [6, 6.07) is 0. The number of aromatic nitrogens is 2. The van der Waals surface area contributed by atoms with Gasteiger partial charge in [-0.1, -0.05) is 0 Å². The second-order valence-corrected chi connectivity index (χ2v) is 5.25. The third-order valence-electron chi connectivity index (χ3n) is 3.40. The molecule has 1 aromatic heterocycles. The van der Waals surface area contributed by atoms with Gasteiger partial charge in [-0.15, -0.1) is 0 Å². The maximum absolute atomic E-state index is 5.64. The van der Waals surface area contributed by atoms with Gasteiger partial charge in [0.1, 0.15) is 0 Å². The smallest absolute Gasteiger partial charge is 0.225 e. The molecule has 0 bridgehead atoms. The van der Waals surface area contributed by atoms with Crippen molar-refractivity contribution in [2.75, 3.05) is 38.8 Å². The Balaban J connectivity index is 1.80. The molecule has 0 aliphatic heterocycles. The molecule has 1 saturated carbocycles. The minimum absolute atomic E-state index is 0.744. The lowest BCUT2D eigenvalue weighted by Gasteiger charge is -2.18. The highest BCUT2D eigenvalue weighted by Gasteiger charge is 2.21. The Kier molecular flexibility index (Phi) is 5.10. The molecule has 1 N–H and O–H groups in total. The van der Waals surface area contributed by atoms with Gasteiger partial charge in [-0.2, -0.15) is 0 Å². The summed E-state index contributed by atoms with van der Waals surface area (Å²) in [4.78, 5) is 11.0. The van der Waals surface area contributed by atoms with Crippen molar-refractivity contribution in [3.8, 4) is 0 Å². The minimum atomic E-state index is 0.744. The predicted octanol–water partition coefficient (Wildman–Crippen LogP) is 1.37. The van der Waals surface area contributed by atoms with E-state index >= 15 is 0 Å². The fraction of sp³-hybridized carbons (Fsp3) is 0.714. The molecule has 0 amide bonds. The number of anilines is 1. The standard InChI is InChI=1S/C14H24N4O/c1-11-13(8-15-2)9-16-14(17-11)18(3)6-7-19-10-12-4-5-12/h9,12,15H,4-8,10H2,1-3H3. The van der Waals surface area contributed by atoms with Gasteiger partial charge in [0.05, 0.1) is 6.61 Å². The van der Waals surface area contributed by atoms with E-state index in [0.717, 1.165) is 49.4 Å². The van der Waals surface area contributed by atoms with Crippen LogP contribution in [0.5, 0.6) is 0 Å². The lowest BCUT2D eigenvalue weighted by Crippen LogP contribution is -2.25. The van der Waals surface area contributed by atoms with Crippen LogP contribution < -0.4 is 10.2 Å². The molecule has 5 nitrogen and oxygen atoms in total. The van der Waals surface area contributed by atoms with E-state index in [4.69, 9.17) is 4.74 Å². The number of aryl methyl sites for hydroxylation is 1. The summed E-state index contributed by atoms with van der Waals surface area (Å²) in [5, 5.41) is 3.12. The van der Waals surface area contributed by atoms with Gasteiger partial charge in [-0.05, 0) is 32.7 Å². The van der Waals surface area contributed by atoms with Gasteiger partial charge >= 0.3 is 0 Å². The number of ether oxygens (including phenoxy) is 1. The van der Waals surface area contributed by atoms with E-state index in [0.29, 0.717) is 0 Å². The van der Waals surface area contributed by atoms with Gasteiger partial charge < -0.3 is 15.0 Å². The van der Waals surface area contributed by atoms with E-state index in [2.05, 4.69) is 15.3 Å². The largest absolute Gasteiger partial charge is 0.379 e. The van der Waals surface area contributed by atoms with Crippen molar-refractivity contribution in [3.05, 3.63) is 17.5 Å². The van der Waals surface area contributed by atoms with Crippen LogP contribution in [-0.2, 0) is 11.3 Å². The first-order valence-electron chi connectivity index (χ1n) is 6.96. The predicted molar refractivity (Wildman–Crippen MR) is 76.3 cm³/mol. The zero-order chi connectivity index (χ0) is 13.7. The maximum atomic E-state index is 5.64. The maximum Gasteiger partial charge on any atom is 0.225 e. The van der Waals surface area contributed by atoms with E-state index in [1.54, 1.807) is 0 Å². The van der Waals surface area contributed by atoms with E-state index in [1.807, 2.05) is 32.1 Å². The number of hydrogen-bond acceptors (Lipinski definition) is 5. The highest BCUT2D eigenvalue weighted by atomic mass is 16.5. The van der Waals surface area contributed by atoms with Gasteiger partial charge in [0, 0.05) is 44.2 Å². The lowest BCUT2D eigenvalue weighted by atomic mass is 10.2. The van der Waals surface area contributed by atoms with Crippen LogP contribution in [0.3, 0.4) is 0 Å². The second kappa shape index (κ2) is 6.82. The molecule has 0 aromatic carbocycles. The summed E-state index contributed by atoms with van der Waals surface area (Å²) in [5.41, 5.74) is 2.18. The summed E-state index contributed by atoms with van der Waals surface area (Å²) < 4.78 is 5.64. The van der Waals surface area contributed by atoms with E-state index in [9.17, 15) is 0 Å². The summed E-state index contributed by atoms with van der Waals surface area (Å²) in [7, 11) is 3.93. The van der Waals surface area contributed by atoms with Crippen LogP contribution in [0, 0.1) is 12.8 Å². The molecule has 1 aliphatic rings. The molecule has 0 spiro atoms. The highest BCUT2D eigenvalue weighted by Crippen LogP contribution is 2.28. The monoisotopic (exact) mass is 264 g/mol. The molecule has 0 saturated heterocycles. The molecule has 0 radical (unpaired) electrons. The minimum Gasteiger partial charge on any atom is -0.379 e. The quantitative estimate of drug-likeness (QED) is 0.719. The number of nitrogens with one attached hydrogen (secondary N) is 1. The molecule has 1 heterocycles. The van der Waals surface area contributed by atoms with Crippen molar-refractivity contribution in [1.82, 2.24) is 15.3 Å². The van der Waals surface area contributed by atoms with Crippen LogP contribution >= 0.6 is 0 Å². The van der Waals surface area contributed by atoms with Crippen molar-refractivity contribution >= 4 is 5.95 Å². The van der Waals surface area contributed by atoms with Crippen LogP contribution in [0.1, 0.15) is 24.1 Å². The van der Waals surface area contributed by atoms with Crippen LogP contribution in [0.4, 0.5) is 5.95 Å². The van der Waals surface area contributed by atoms with Crippen LogP contribution in [0.15, 0.2) is 6.20 Å². The van der Waals surface area contributed by atoms with Crippen LogP contribution in [-0.4, -0.2) is 43.8 Å². The third kappa shape index (κ3) is 4.44. The molecule has 19 heavy (non-hydrogen) atoms. The Morgan fingerprint density at radius 3 is 2.89 bits per heavy atom. The summed E-state index contributed by atoms with van der Waals surface area (Å²) in [6.07, 6.45) is 4.58. The van der Waals surface area contributed by atoms with Gasteiger partial charge in [-0.25, -0.2) is 9.97 Å². The van der Waals surface area contributed by atoms with Crippen molar-refractivity contribution < 1.29 is 4.74 Å². The first-order chi connectivity index (χ1) is 9.20. The van der Waals surface area contributed by atoms with Crippen LogP contribution in [0.25, 0.3) is 0 Å². The Morgan fingerprint density at radius 1 is 1.47 bits per heavy atom. The molecule has 0 atom stereocenters. The molecule has 5 heteroatoms. The molecule has 106 valence electrons. The van der Waals surface area contributed by atoms with E-state index in [1.165, 1.54) is 12.8 Å². The van der Waals surface area contributed by atoms with Crippen molar-refractivity contribution in [2.45, 2.75) is 26.3 Å². The fourth-order valence-corrected chi connectivity index (χ4v) is 1.86. The zero-order valence-electron chi connectivity index (χ0n) is 12.1. The van der Waals surface area contributed by atoms with Gasteiger partial charge in [0.15, 0.2) is 0 Å². The zero-order valence-corrected chi connectivity index (χ0v) is 12.1. The normalized spacial score (nSPS) is 14.7. The van der Waals surface area contributed by atoms with Crippen LogP contribution in [0.2, 0.25) is 0 Å². The molecule has 1 aromatic rings. The molecular formula is C14H24N4O. The molecule has 1 fully saturated rings. The summed E-state index contributed by atoms with van der Waals surface area (Å²) in [5.74, 6) is 1.59. The lowest BCUT2D eigenvalue weighted by molar-refractivity contribution is 0.130. The van der Waals surface area contributed by atoms with Crippen molar-refractivity contribution in [3.63, 3.8) is 0 Å².